The second-order valence-electron chi connectivity index (χ2n) is 3.43. The number of nitrogens with zero attached hydrogens (tertiary/aromatic N) is 2. The minimum absolute atomic E-state index is 0.676. The third kappa shape index (κ3) is 2.56. The number of halogens is 1. The number of hydrogen-bond acceptors (Lipinski definition) is 3. The third-order valence-electron chi connectivity index (χ3n) is 2.20. The molecule has 82 valence electrons. The molecular weight excluding hydrogens is 222 g/mol. The van der Waals surface area contributed by atoms with Crippen LogP contribution in [-0.4, -0.2) is 17.0 Å². The molecule has 1 N–H and O–H groups in total. The minimum Gasteiger partial charge on any atom is -0.313 e. The van der Waals surface area contributed by atoms with E-state index in [1.54, 1.807) is 0 Å². The first-order valence-corrected chi connectivity index (χ1v) is 5.39. The number of rotatable bonds is 3. The third-order valence-corrected chi connectivity index (χ3v) is 2.43. The van der Waals surface area contributed by atoms with Gasteiger partial charge >= 0.3 is 0 Å². The Bertz CT molecular complexity index is 468. The molecule has 2 aromatic rings. The summed E-state index contributed by atoms with van der Waals surface area (Å²) in [6.07, 6.45) is 3.62. The molecule has 0 bridgehead atoms. The number of aromatic nitrogens is 2. The fraction of sp³-hybridized carbons (Fsp3) is 0.167. The van der Waals surface area contributed by atoms with E-state index in [1.807, 2.05) is 43.7 Å². The van der Waals surface area contributed by atoms with Gasteiger partial charge in [-0.25, -0.2) is 9.97 Å². The first-order chi connectivity index (χ1) is 7.79. The molecule has 0 aliphatic carbocycles. The van der Waals surface area contributed by atoms with Gasteiger partial charge in [-0.15, -0.1) is 0 Å². The van der Waals surface area contributed by atoms with Crippen LogP contribution in [0.5, 0.6) is 0 Å². The van der Waals surface area contributed by atoms with E-state index in [0.29, 0.717) is 6.54 Å². The van der Waals surface area contributed by atoms with Crippen LogP contribution in [0.15, 0.2) is 36.7 Å². The van der Waals surface area contributed by atoms with E-state index in [4.69, 9.17) is 11.6 Å². The van der Waals surface area contributed by atoms with E-state index in [2.05, 4.69) is 15.3 Å². The largest absolute Gasteiger partial charge is 0.313 e. The predicted molar refractivity (Wildman–Crippen MR) is 65.2 cm³/mol. The van der Waals surface area contributed by atoms with Crippen LogP contribution >= 0.6 is 11.6 Å². The Morgan fingerprint density at radius 2 is 1.94 bits per heavy atom. The van der Waals surface area contributed by atoms with Crippen molar-refractivity contribution in [2.75, 3.05) is 7.05 Å². The molecule has 0 spiro atoms. The van der Waals surface area contributed by atoms with Crippen LogP contribution in [0.3, 0.4) is 0 Å². The van der Waals surface area contributed by atoms with Crippen LogP contribution in [0.2, 0.25) is 5.02 Å². The number of nitrogens with one attached hydrogen (secondary N) is 1. The molecule has 0 saturated carbocycles. The van der Waals surface area contributed by atoms with E-state index < -0.39 is 0 Å². The summed E-state index contributed by atoms with van der Waals surface area (Å²) in [5.74, 6) is 0.785. The molecule has 1 aromatic heterocycles. The molecule has 16 heavy (non-hydrogen) atoms. The van der Waals surface area contributed by atoms with E-state index in [9.17, 15) is 0 Å². The number of hydrogen-bond donors (Lipinski definition) is 1. The highest BCUT2D eigenvalue weighted by atomic mass is 35.5. The summed E-state index contributed by atoms with van der Waals surface area (Å²) in [6.45, 7) is 0.676. The van der Waals surface area contributed by atoms with Gasteiger partial charge in [0.2, 0.25) is 0 Å². The highest BCUT2D eigenvalue weighted by Crippen LogP contribution is 2.21. The Labute approximate surface area is 99.5 Å². The molecule has 0 radical (unpaired) electrons. The maximum Gasteiger partial charge on any atom is 0.141 e. The van der Waals surface area contributed by atoms with Crippen molar-refractivity contribution >= 4 is 11.6 Å². The Hall–Kier alpha value is -1.45. The van der Waals surface area contributed by atoms with Crippen molar-refractivity contribution in [3.8, 4) is 11.1 Å². The molecule has 2 rings (SSSR count). The second-order valence-corrected chi connectivity index (χ2v) is 3.87. The lowest BCUT2D eigenvalue weighted by molar-refractivity contribution is 0.758. The fourth-order valence-corrected chi connectivity index (χ4v) is 1.61. The topological polar surface area (TPSA) is 37.8 Å². The van der Waals surface area contributed by atoms with Crippen molar-refractivity contribution in [3.05, 3.63) is 47.5 Å². The molecule has 0 fully saturated rings. The van der Waals surface area contributed by atoms with Gasteiger partial charge in [-0.3, -0.25) is 0 Å². The van der Waals surface area contributed by atoms with Gasteiger partial charge < -0.3 is 5.32 Å². The standard InChI is InChI=1S/C12H12ClN3/c1-14-8-12-15-6-10(7-16-12)9-3-2-4-11(13)5-9/h2-7,14H,8H2,1H3. The maximum atomic E-state index is 5.92. The molecule has 0 unspecified atom stereocenters. The van der Waals surface area contributed by atoms with Crippen molar-refractivity contribution in [1.29, 1.82) is 0 Å². The maximum absolute atomic E-state index is 5.92. The Morgan fingerprint density at radius 1 is 1.19 bits per heavy atom. The zero-order valence-corrected chi connectivity index (χ0v) is 9.70. The van der Waals surface area contributed by atoms with Gasteiger partial charge in [0.1, 0.15) is 5.82 Å². The summed E-state index contributed by atoms with van der Waals surface area (Å²) in [5.41, 5.74) is 2.01. The Balaban J connectivity index is 2.27. The predicted octanol–water partition coefficient (Wildman–Crippen LogP) is 2.52. The van der Waals surface area contributed by atoms with E-state index in [0.717, 1.165) is 22.0 Å². The summed E-state index contributed by atoms with van der Waals surface area (Å²) in [6, 6.07) is 7.65. The fourth-order valence-electron chi connectivity index (χ4n) is 1.42. The zero-order chi connectivity index (χ0) is 11.4. The van der Waals surface area contributed by atoms with Crippen LogP contribution in [-0.2, 0) is 6.54 Å². The van der Waals surface area contributed by atoms with Gasteiger partial charge in [-0.2, -0.15) is 0 Å². The highest BCUT2D eigenvalue weighted by Gasteiger charge is 2.00. The molecular formula is C12H12ClN3. The summed E-state index contributed by atoms with van der Waals surface area (Å²) < 4.78 is 0. The monoisotopic (exact) mass is 233 g/mol. The molecule has 0 aliphatic rings. The molecule has 4 heteroatoms. The summed E-state index contributed by atoms with van der Waals surface area (Å²) >= 11 is 5.92. The first-order valence-electron chi connectivity index (χ1n) is 5.01. The SMILES string of the molecule is CNCc1ncc(-c2cccc(Cl)c2)cn1. The number of benzene rings is 1. The van der Waals surface area contributed by atoms with Crippen LogP contribution in [0.25, 0.3) is 11.1 Å². The van der Waals surface area contributed by atoms with E-state index in [-0.39, 0.29) is 0 Å². The van der Waals surface area contributed by atoms with Crippen molar-refractivity contribution in [2.45, 2.75) is 6.54 Å². The lowest BCUT2D eigenvalue weighted by Gasteiger charge is -2.02. The molecule has 3 nitrogen and oxygen atoms in total. The van der Waals surface area contributed by atoms with Crippen molar-refractivity contribution in [1.82, 2.24) is 15.3 Å². The molecule has 0 aliphatic heterocycles. The van der Waals surface area contributed by atoms with Crippen molar-refractivity contribution < 1.29 is 0 Å². The van der Waals surface area contributed by atoms with Gasteiger partial charge in [-0.05, 0) is 24.7 Å². The van der Waals surface area contributed by atoms with Crippen molar-refractivity contribution in [2.24, 2.45) is 0 Å². The lowest BCUT2D eigenvalue weighted by Crippen LogP contribution is -2.08. The van der Waals surface area contributed by atoms with Crippen LogP contribution in [0.1, 0.15) is 5.82 Å². The summed E-state index contributed by atoms with van der Waals surface area (Å²) in [5, 5.41) is 3.73. The Kier molecular flexibility index (Phi) is 3.49. The first kappa shape index (κ1) is 11.0. The van der Waals surface area contributed by atoms with Crippen LogP contribution in [0, 0.1) is 0 Å². The second kappa shape index (κ2) is 5.05. The van der Waals surface area contributed by atoms with Gasteiger partial charge in [-0.1, -0.05) is 23.7 Å². The normalized spacial score (nSPS) is 10.4. The lowest BCUT2D eigenvalue weighted by atomic mass is 10.1. The molecule has 1 aromatic carbocycles. The zero-order valence-electron chi connectivity index (χ0n) is 8.94. The molecule has 0 amide bonds. The Morgan fingerprint density at radius 3 is 2.56 bits per heavy atom. The molecule has 1 heterocycles. The molecule has 0 saturated heterocycles. The van der Waals surface area contributed by atoms with Gasteiger partial charge in [0.25, 0.3) is 0 Å². The van der Waals surface area contributed by atoms with Gasteiger partial charge in [0.15, 0.2) is 0 Å². The summed E-state index contributed by atoms with van der Waals surface area (Å²) in [7, 11) is 1.87. The highest BCUT2D eigenvalue weighted by molar-refractivity contribution is 6.30. The van der Waals surface area contributed by atoms with Crippen molar-refractivity contribution in [3.63, 3.8) is 0 Å². The van der Waals surface area contributed by atoms with E-state index in [1.165, 1.54) is 0 Å². The smallest absolute Gasteiger partial charge is 0.141 e. The van der Waals surface area contributed by atoms with Crippen LogP contribution in [0.4, 0.5) is 0 Å². The quantitative estimate of drug-likeness (QED) is 0.885. The molecule has 0 atom stereocenters. The van der Waals surface area contributed by atoms with Gasteiger partial charge in [0.05, 0.1) is 6.54 Å². The summed E-state index contributed by atoms with van der Waals surface area (Å²) in [4.78, 5) is 8.52. The average Bonchev–Trinajstić information content (AvgIpc) is 2.30. The van der Waals surface area contributed by atoms with E-state index >= 15 is 0 Å². The van der Waals surface area contributed by atoms with Gasteiger partial charge in [0, 0.05) is 23.0 Å². The van der Waals surface area contributed by atoms with Crippen LogP contribution < -0.4 is 5.32 Å². The average molecular weight is 234 g/mol. The minimum atomic E-state index is 0.676.